The molecule has 0 spiro atoms. The second kappa shape index (κ2) is 5.39. The topological polar surface area (TPSA) is 44.1 Å². The Bertz CT molecular complexity index is 854. The molecule has 0 aliphatic carbocycles. The van der Waals surface area contributed by atoms with Gasteiger partial charge in [-0.15, -0.1) is 0 Å². The number of carbonyl (C=O) groups is 1. The molecule has 0 amide bonds. The molecule has 1 unspecified atom stereocenters. The highest BCUT2D eigenvalue weighted by Gasteiger charge is 2.32. The highest BCUT2D eigenvalue weighted by Crippen LogP contribution is 2.37. The Kier molecular flexibility index (Phi) is 3.23. The number of hydrogen-bond acceptors (Lipinski definition) is 3. The van der Waals surface area contributed by atoms with Crippen LogP contribution in [0, 0.1) is 0 Å². The summed E-state index contributed by atoms with van der Waals surface area (Å²) >= 11 is 0. The van der Waals surface area contributed by atoms with Crippen molar-refractivity contribution >= 4 is 5.78 Å². The number of rotatable bonds is 2. The molecule has 1 aromatic heterocycles. The Morgan fingerprint density at radius 1 is 1.04 bits per heavy atom. The molecule has 1 aliphatic heterocycles. The number of Topliss-reactive ketones (excluding diaryl/α,β-unsaturated/α-hetero) is 1. The number of nitrogens with zero attached hydrogens (tertiary/aromatic N) is 2. The second-order valence-corrected chi connectivity index (χ2v) is 5.70. The van der Waals surface area contributed by atoms with Gasteiger partial charge in [0.15, 0.2) is 5.78 Å². The van der Waals surface area contributed by atoms with Crippen molar-refractivity contribution in [2.75, 3.05) is 0 Å². The molecule has 23 heavy (non-hydrogen) atoms. The van der Waals surface area contributed by atoms with Gasteiger partial charge in [0.05, 0.1) is 5.69 Å². The quantitative estimate of drug-likeness (QED) is 0.721. The van der Waals surface area contributed by atoms with E-state index in [0.29, 0.717) is 23.6 Å². The minimum absolute atomic E-state index is 0.0831. The zero-order chi connectivity index (χ0) is 15.8. The Hall–Kier alpha value is -2.88. The van der Waals surface area contributed by atoms with Gasteiger partial charge in [0, 0.05) is 12.0 Å². The average Bonchev–Trinajstić information content (AvgIpc) is 2.96. The predicted molar refractivity (Wildman–Crippen MR) is 88.0 cm³/mol. The first-order chi connectivity index (χ1) is 11.2. The molecule has 0 saturated heterocycles. The summed E-state index contributed by atoms with van der Waals surface area (Å²) < 4.78 is 7.70. The summed E-state index contributed by atoms with van der Waals surface area (Å²) in [5, 5.41) is 4.69. The molecule has 4 heteroatoms. The van der Waals surface area contributed by atoms with E-state index in [9.17, 15) is 4.79 Å². The van der Waals surface area contributed by atoms with Crippen LogP contribution in [0.3, 0.4) is 0 Å². The number of fused-ring (bicyclic) bond motifs is 1. The fourth-order valence-electron chi connectivity index (χ4n) is 2.90. The van der Waals surface area contributed by atoms with Gasteiger partial charge in [-0.25, -0.2) is 0 Å². The van der Waals surface area contributed by atoms with Gasteiger partial charge in [0.2, 0.25) is 5.88 Å². The minimum atomic E-state index is -0.141. The van der Waals surface area contributed by atoms with Gasteiger partial charge < -0.3 is 4.74 Å². The van der Waals surface area contributed by atoms with E-state index < -0.39 is 0 Å². The lowest BCUT2D eigenvalue weighted by molar-refractivity contribution is 0.0861. The van der Waals surface area contributed by atoms with Crippen LogP contribution in [0.4, 0.5) is 0 Å². The third-order valence-corrected chi connectivity index (χ3v) is 3.96. The molecular formula is C19H16N2O2. The van der Waals surface area contributed by atoms with Gasteiger partial charge >= 0.3 is 0 Å². The van der Waals surface area contributed by atoms with E-state index in [-0.39, 0.29) is 11.9 Å². The predicted octanol–water partition coefficient (Wildman–Crippen LogP) is 3.89. The molecular weight excluding hydrogens is 288 g/mol. The summed E-state index contributed by atoms with van der Waals surface area (Å²) in [6.45, 7) is 1.91. The lowest BCUT2D eigenvalue weighted by atomic mass is 9.99. The fourth-order valence-corrected chi connectivity index (χ4v) is 2.90. The standard InChI is InChI=1S/C19H16N2O2/c1-13-12-16(22)17-18(14-8-4-2-5-9-14)20-21(19(17)23-13)15-10-6-3-7-11-15/h2-11,13H,12H2,1H3. The number of hydrogen-bond donors (Lipinski definition) is 0. The Labute approximate surface area is 134 Å². The lowest BCUT2D eigenvalue weighted by Crippen LogP contribution is -2.24. The van der Waals surface area contributed by atoms with Crippen molar-refractivity contribution in [1.29, 1.82) is 0 Å². The van der Waals surface area contributed by atoms with Gasteiger partial charge in [-0.2, -0.15) is 9.78 Å². The summed E-state index contributed by atoms with van der Waals surface area (Å²) in [5.74, 6) is 0.624. The van der Waals surface area contributed by atoms with E-state index in [2.05, 4.69) is 5.10 Å². The van der Waals surface area contributed by atoms with Crippen molar-refractivity contribution in [3.8, 4) is 22.8 Å². The van der Waals surface area contributed by atoms with E-state index in [4.69, 9.17) is 4.74 Å². The number of ether oxygens (including phenoxy) is 1. The molecule has 1 atom stereocenters. The molecule has 1 aliphatic rings. The highest BCUT2D eigenvalue weighted by atomic mass is 16.5. The van der Waals surface area contributed by atoms with Crippen LogP contribution in [-0.2, 0) is 0 Å². The van der Waals surface area contributed by atoms with Crippen molar-refractivity contribution in [1.82, 2.24) is 9.78 Å². The lowest BCUT2D eigenvalue weighted by Gasteiger charge is -2.21. The molecule has 4 rings (SSSR count). The molecule has 0 N–H and O–H groups in total. The third kappa shape index (κ3) is 2.32. The maximum atomic E-state index is 12.6. The van der Waals surface area contributed by atoms with Crippen LogP contribution >= 0.6 is 0 Å². The van der Waals surface area contributed by atoms with Crippen molar-refractivity contribution in [2.24, 2.45) is 0 Å². The average molecular weight is 304 g/mol. The summed E-state index contributed by atoms with van der Waals surface area (Å²) in [7, 11) is 0. The van der Waals surface area contributed by atoms with E-state index in [0.717, 1.165) is 11.3 Å². The van der Waals surface area contributed by atoms with Crippen LogP contribution in [-0.4, -0.2) is 21.7 Å². The smallest absolute Gasteiger partial charge is 0.228 e. The zero-order valence-corrected chi connectivity index (χ0v) is 12.8. The number of benzene rings is 2. The maximum absolute atomic E-state index is 12.6. The van der Waals surface area contributed by atoms with E-state index in [1.54, 1.807) is 4.68 Å². The van der Waals surface area contributed by atoms with Gasteiger partial charge in [0.1, 0.15) is 17.4 Å². The van der Waals surface area contributed by atoms with Crippen LogP contribution in [0.2, 0.25) is 0 Å². The summed E-state index contributed by atoms with van der Waals surface area (Å²) in [5.41, 5.74) is 3.07. The van der Waals surface area contributed by atoms with Gasteiger partial charge in [-0.1, -0.05) is 48.5 Å². The van der Waals surface area contributed by atoms with Crippen molar-refractivity contribution in [2.45, 2.75) is 19.4 Å². The molecule has 2 aromatic carbocycles. The Morgan fingerprint density at radius 3 is 2.39 bits per heavy atom. The van der Waals surface area contributed by atoms with E-state index in [1.165, 1.54) is 0 Å². The largest absolute Gasteiger partial charge is 0.474 e. The van der Waals surface area contributed by atoms with Crippen molar-refractivity contribution in [3.05, 3.63) is 66.2 Å². The normalized spacial score (nSPS) is 16.7. The first-order valence-corrected chi connectivity index (χ1v) is 7.68. The second-order valence-electron chi connectivity index (χ2n) is 5.70. The third-order valence-electron chi connectivity index (χ3n) is 3.96. The van der Waals surface area contributed by atoms with E-state index in [1.807, 2.05) is 67.6 Å². The molecule has 3 aromatic rings. The fraction of sp³-hybridized carbons (Fsp3) is 0.158. The van der Waals surface area contributed by atoms with Crippen LogP contribution in [0.1, 0.15) is 23.7 Å². The number of para-hydroxylation sites is 1. The van der Waals surface area contributed by atoms with Crippen LogP contribution in [0.25, 0.3) is 16.9 Å². The number of carbonyl (C=O) groups excluding carboxylic acids is 1. The highest BCUT2D eigenvalue weighted by molar-refractivity contribution is 6.05. The first-order valence-electron chi connectivity index (χ1n) is 7.68. The molecule has 114 valence electrons. The summed E-state index contributed by atoms with van der Waals surface area (Å²) in [6, 6.07) is 19.5. The molecule has 2 heterocycles. The van der Waals surface area contributed by atoms with Crippen LogP contribution < -0.4 is 4.74 Å². The molecule has 0 fully saturated rings. The first kappa shape index (κ1) is 13.8. The minimum Gasteiger partial charge on any atom is -0.474 e. The number of ketones is 1. The summed E-state index contributed by atoms with van der Waals surface area (Å²) in [4.78, 5) is 12.6. The van der Waals surface area contributed by atoms with Gasteiger partial charge in [0.25, 0.3) is 0 Å². The van der Waals surface area contributed by atoms with Crippen molar-refractivity contribution in [3.63, 3.8) is 0 Å². The summed E-state index contributed by atoms with van der Waals surface area (Å²) in [6.07, 6.45) is 0.241. The SMILES string of the molecule is CC1CC(=O)c2c(-c3ccccc3)nn(-c3ccccc3)c2O1. The molecule has 0 bridgehead atoms. The number of aromatic nitrogens is 2. The molecule has 4 nitrogen and oxygen atoms in total. The van der Waals surface area contributed by atoms with E-state index >= 15 is 0 Å². The maximum Gasteiger partial charge on any atom is 0.228 e. The van der Waals surface area contributed by atoms with Crippen molar-refractivity contribution < 1.29 is 9.53 Å². The van der Waals surface area contributed by atoms with Gasteiger partial charge in [-0.05, 0) is 19.1 Å². The molecule has 0 radical (unpaired) electrons. The van der Waals surface area contributed by atoms with Crippen LogP contribution in [0.15, 0.2) is 60.7 Å². The monoisotopic (exact) mass is 304 g/mol. The Morgan fingerprint density at radius 2 is 1.70 bits per heavy atom. The zero-order valence-electron chi connectivity index (χ0n) is 12.8. The Balaban J connectivity index is 1.97. The van der Waals surface area contributed by atoms with Gasteiger partial charge in [-0.3, -0.25) is 4.79 Å². The molecule has 0 saturated carbocycles. The van der Waals surface area contributed by atoms with Crippen LogP contribution in [0.5, 0.6) is 5.88 Å².